The number of nitrogens with zero attached hydrogens (tertiary/aromatic N) is 2. The predicted octanol–water partition coefficient (Wildman–Crippen LogP) is 1.28. The molecule has 1 heterocycles. The third-order valence-corrected chi connectivity index (χ3v) is 2.76. The number of pyridine rings is 1. The summed E-state index contributed by atoms with van der Waals surface area (Å²) in [7, 11) is 1.77. The summed E-state index contributed by atoms with van der Waals surface area (Å²) in [5, 5.41) is 0. The fourth-order valence-corrected chi connectivity index (χ4v) is 1.60. The minimum atomic E-state index is -0.127. The maximum Gasteiger partial charge on any atom is 0.231 e. The number of hydrogen-bond donors (Lipinski definition) is 1. The Balaban J connectivity index is 2.81. The largest absolute Gasteiger partial charge is 0.330 e. The van der Waals surface area contributed by atoms with E-state index < -0.39 is 0 Å². The molecule has 4 heteroatoms. The van der Waals surface area contributed by atoms with Crippen molar-refractivity contribution in [3.63, 3.8) is 0 Å². The van der Waals surface area contributed by atoms with Crippen LogP contribution in [-0.4, -0.2) is 24.5 Å². The molecule has 88 valence electrons. The van der Waals surface area contributed by atoms with E-state index in [1.807, 2.05) is 26.0 Å². The Hall–Kier alpha value is -1.42. The molecule has 0 aliphatic heterocycles. The van der Waals surface area contributed by atoms with E-state index in [-0.39, 0.29) is 17.7 Å². The average Bonchev–Trinajstić information content (AvgIpc) is 2.29. The molecule has 1 atom stereocenters. The van der Waals surface area contributed by atoms with Crippen LogP contribution in [0.4, 0.5) is 5.69 Å². The molecule has 0 aromatic carbocycles. The molecule has 16 heavy (non-hydrogen) atoms. The lowest BCUT2D eigenvalue weighted by atomic mass is 9.94. The van der Waals surface area contributed by atoms with Gasteiger partial charge in [0, 0.05) is 31.7 Å². The van der Waals surface area contributed by atoms with E-state index in [4.69, 9.17) is 5.73 Å². The Labute approximate surface area is 96.5 Å². The van der Waals surface area contributed by atoms with Crippen molar-refractivity contribution in [1.82, 2.24) is 4.98 Å². The highest BCUT2D eigenvalue weighted by Crippen LogP contribution is 2.17. The maximum atomic E-state index is 12.1. The van der Waals surface area contributed by atoms with Gasteiger partial charge < -0.3 is 10.6 Å². The number of aromatic nitrogens is 1. The van der Waals surface area contributed by atoms with E-state index >= 15 is 0 Å². The van der Waals surface area contributed by atoms with Gasteiger partial charge in [0.15, 0.2) is 0 Å². The van der Waals surface area contributed by atoms with Crippen LogP contribution in [0.5, 0.6) is 0 Å². The summed E-state index contributed by atoms with van der Waals surface area (Å²) in [5.41, 5.74) is 6.48. The van der Waals surface area contributed by atoms with Gasteiger partial charge in [-0.15, -0.1) is 0 Å². The summed E-state index contributed by atoms with van der Waals surface area (Å²) in [4.78, 5) is 17.7. The predicted molar refractivity (Wildman–Crippen MR) is 65.0 cm³/mol. The van der Waals surface area contributed by atoms with Crippen LogP contribution in [-0.2, 0) is 4.79 Å². The summed E-state index contributed by atoms with van der Waals surface area (Å²) < 4.78 is 0. The first-order chi connectivity index (χ1) is 7.57. The van der Waals surface area contributed by atoms with Crippen LogP contribution < -0.4 is 10.6 Å². The van der Waals surface area contributed by atoms with Gasteiger partial charge in [-0.3, -0.25) is 9.78 Å². The lowest BCUT2D eigenvalue weighted by Crippen LogP contribution is -2.39. The average molecular weight is 221 g/mol. The quantitative estimate of drug-likeness (QED) is 0.833. The highest BCUT2D eigenvalue weighted by Gasteiger charge is 2.24. The van der Waals surface area contributed by atoms with Crippen LogP contribution in [0, 0.1) is 11.8 Å². The lowest BCUT2D eigenvalue weighted by molar-refractivity contribution is -0.123. The molecule has 0 fully saturated rings. The van der Waals surface area contributed by atoms with E-state index in [1.165, 1.54) is 0 Å². The fourth-order valence-electron chi connectivity index (χ4n) is 1.60. The molecule has 0 aliphatic rings. The van der Waals surface area contributed by atoms with Gasteiger partial charge in [-0.2, -0.15) is 0 Å². The van der Waals surface area contributed by atoms with Crippen molar-refractivity contribution in [3.8, 4) is 0 Å². The highest BCUT2D eigenvalue weighted by molar-refractivity contribution is 5.94. The van der Waals surface area contributed by atoms with Gasteiger partial charge in [0.1, 0.15) is 0 Å². The summed E-state index contributed by atoms with van der Waals surface area (Å²) in [6.45, 7) is 4.40. The summed E-state index contributed by atoms with van der Waals surface area (Å²) in [6, 6.07) is 3.62. The van der Waals surface area contributed by atoms with Gasteiger partial charge in [-0.05, 0) is 18.1 Å². The summed E-state index contributed by atoms with van der Waals surface area (Å²) in [5.74, 6) is 0.184. The van der Waals surface area contributed by atoms with Crippen molar-refractivity contribution in [1.29, 1.82) is 0 Å². The molecule has 0 saturated heterocycles. The number of amides is 1. The monoisotopic (exact) mass is 221 g/mol. The Bertz CT molecular complexity index is 337. The Morgan fingerprint density at radius 2 is 2.00 bits per heavy atom. The second kappa shape index (κ2) is 5.61. The minimum Gasteiger partial charge on any atom is -0.330 e. The third-order valence-electron chi connectivity index (χ3n) is 2.76. The summed E-state index contributed by atoms with van der Waals surface area (Å²) in [6.07, 6.45) is 3.35. The van der Waals surface area contributed by atoms with Gasteiger partial charge in [-0.1, -0.05) is 13.8 Å². The molecule has 0 bridgehead atoms. The van der Waals surface area contributed by atoms with Crippen molar-refractivity contribution in [2.24, 2.45) is 17.6 Å². The zero-order valence-corrected chi connectivity index (χ0v) is 10.1. The molecule has 1 unspecified atom stereocenters. The van der Waals surface area contributed by atoms with Gasteiger partial charge in [0.2, 0.25) is 5.91 Å². The SMILES string of the molecule is CC(C)C(CN)C(=O)N(C)c1ccncc1. The topological polar surface area (TPSA) is 59.2 Å². The fraction of sp³-hybridized carbons (Fsp3) is 0.500. The van der Waals surface area contributed by atoms with Gasteiger partial charge >= 0.3 is 0 Å². The number of nitrogens with two attached hydrogens (primary N) is 1. The number of rotatable bonds is 4. The first-order valence-electron chi connectivity index (χ1n) is 5.45. The molecular weight excluding hydrogens is 202 g/mol. The third kappa shape index (κ3) is 2.79. The van der Waals surface area contributed by atoms with Gasteiger partial charge in [0.05, 0.1) is 5.92 Å². The first kappa shape index (κ1) is 12.6. The smallest absolute Gasteiger partial charge is 0.231 e. The van der Waals surface area contributed by atoms with Crippen molar-refractivity contribution in [2.45, 2.75) is 13.8 Å². The van der Waals surface area contributed by atoms with E-state index in [9.17, 15) is 4.79 Å². The maximum absolute atomic E-state index is 12.1. The van der Waals surface area contributed by atoms with E-state index in [0.717, 1.165) is 5.69 Å². The van der Waals surface area contributed by atoms with Gasteiger partial charge in [-0.25, -0.2) is 0 Å². The number of carbonyl (C=O) groups excluding carboxylic acids is 1. The molecule has 0 spiro atoms. The number of hydrogen-bond acceptors (Lipinski definition) is 3. The van der Waals surface area contributed by atoms with Crippen LogP contribution >= 0.6 is 0 Å². The second-order valence-corrected chi connectivity index (χ2v) is 4.19. The lowest BCUT2D eigenvalue weighted by Gasteiger charge is -2.25. The van der Waals surface area contributed by atoms with E-state index in [0.29, 0.717) is 6.54 Å². The van der Waals surface area contributed by atoms with Crippen LogP contribution in [0.3, 0.4) is 0 Å². The van der Waals surface area contributed by atoms with Gasteiger partial charge in [0.25, 0.3) is 0 Å². The molecular formula is C12H19N3O. The molecule has 1 aromatic rings. The second-order valence-electron chi connectivity index (χ2n) is 4.19. The Kier molecular flexibility index (Phi) is 4.43. The van der Waals surface area contributed by atoms with Crippen molar-refractivity contribution < 1.29 is 4.79 Å². The van der Waals surface area contributed by atoms with Crippen molar-refractivity contribution in [3.05, 3.63) is 24.5 Å². The van der Waals surface area contributed by atoms with Crippen molar-refractivity contribution in [2.75, 3.05) is 18.5 Å². The molecule has 0 radical (unpaired) electrons. The first-order valence-corrected chi connectivity index (χ1v) is 5.45. The number of anilines is 1. The van der Waals surface area contributed by atoms with Crippen LogP contribution in [0.25, 0.3) is 0 Å². The molecule has 0 aliphatic carbocycles. The van der Waals surface area contributed by atoms with Crippen LogP contribution in [0.1, 0.15) is 13.8 Å². The van der Waals surface area contributed by atoms with E-state index in [1.54, 1.807) is 24.3 Å². The zero-order valence-electron chi connectivity index (χ0n) is 10.1. The minimum absolute atomic E-state index is 0.0590. The Morgan fingerprint density at radius 3 is 2.44 bits per heavy atom. The molecule has 1 amide bonds. The van der Waals surface area contributed by atoms with Crippen LogP contribution in [0.2, 0.25) is 0 Å². The molecule has 4 nitrogen and oxygen atoms in total. The summed E-state index contributed by atoms with van der Waals surface area (Å²) >= 11 is 0. The van der Waals surface area contributed by atoms with E-state index in [2.05, 4.69) is 4.98 Å². The number of carbonyl (C=O) groups is 1. The Morgan fingerprint density at radius 1 is 1.44 bits per heavy atom. The van der Waals surface area contributed by atoms with Crippen LogP contribution in [0.15, 0.2) is 24.5 Å². The molecule has 1 aromatic heterocycles. The normalized spacial score (nSPS) is 12.6. The molecule has 0 saturated carbocycles. The highest BCUT2D eigenvalue weighted by atomic mass is 16.2. The molecule has 1 rings (SSSR count). The molecule has 2 N–H and O–H groups in total. The van der Waals surface area contributed by atoms with Crippen molar-refractivity contribution >= 4 is 11.6 Å². The standard InChI is InChI=1S/C12H19N3O/c1-9(2)11(8-13)12(16)15(3)10-4-6-14-7-5-10/h4-7,9,11H,8,13H2,1-3H3. The zero-order chi connectivity index (χ0) is 12.1.